The van der Waals surface area contributed by atoms with Gasteiger partial charge in [-0.2, -0.15) is 5.10 Å². The molecular weight excluding hydrogens is 397 g/mol. The van der Waals surface area contributed by atoms with E-state index >= 15 is 0 Å². The van der Waals surface area contributed by atoms with Crippen LogP contribution in [0.4, 0.5) is 10.1 Å². The molecule has 0 radical (unpaired) electrons. The number of anilines is 1. The van der Waals surface area contributed by atoms with Gasteiger partial charge in [-0.1, -0.05) is 24.3 Å². The molecular formula is C24H18FN3O3. The van der Waals surface area contributed by atoms with Gasteiger partial charge in [-0.3, -0.25) is 9.59 Å². The summed E-state index contributed by atoms with van der Waals surface area (Å²) in [4.78, 5) is 24.2. The van der Waals surface area contributed by atoms with Crippen molar-refractivity contribution in [2.75, 3.05) is 5.32 Å². The van der Waals surface area contributed by atoms with Crippen molar-refractivity contribution in [2.45, 2.75) is 6.92 Å². The Labute approximate surface area is 177 Å². The maximum Gasteiger partial charge on any atom is 0.308 e. The summed E-state index contributed by atoms with van der Waals surface area (Å²) < 4.78 is 20.2. The number of nitrogens with one attached hydrogen (secondary N) is 1. The van der Waals surface area contributed by atoms with Crippen molar-refractivity contribution in [2.24, 2.45) is 0 Å². The molecule has 0 aliphatic rings. The molecule has 31 heavy (non-hydrogen) atoms. The molecule has 0 aliphatic heterocycles. The van der Waals surface area contributed by atoms with E-state index < -0.39 is 17.7 Å². The van der Waals surface area contributed by atoms with Gasteiger partial charge in [-0.05, 0) is 54.6 Å². The highest BCUT2D eigenvalue weighted by Crippen LogP contribution is 2.27. The number of nitrogens with zero attached hydrogens (tertiary/aromatic N) is 2. The van der Waals surface area contributed by atoms with E-state index in [-0.39, 0.29) is 0 Å². The molecule has 1 amide bonds. The van der Waals surface area contributed by atoms with Crippen molar-refractivity contribution in [1.29, 1.82) is 0 Å². The van der Waals surface area contributed by atoms with Crippen molar-refractivity contribution >= 4 is 17.6 Å². The molecule has 7 heteroatoms. The van der Waals surface area contributed by atoms with Crippen LogP contribution < -0.4 is 10.1 Å². The van der Waals surface area contributed by atoms with Gasteiger partial charge in [0, 0.05) is 24.4 Å². The summed E-state index contributed by atoms with van der Waals surface area (Å²) in [5, 5.41) is 7.31. The molecule has 0 bridgehead atoms. The summed E-state index contributed by atoms with van der Waals surface area (Å²) >= 11 is 0. The number of benzene rings is 3. The Kier molecular flexibility index (Phi) is 5.57. The zero-order valence-electron chi connectivity index (χ0n) is 16.6. The van der Waals surface area contributed by atoms with Crippen molar-refractivity contribution in [1.82, 2.24) is 9.78 Å². The molecule has 0 atom stereocenters. The number of carbonyl (C=O) groups excluding carboxylic acids is 2. The van der Waals surface area contributed by atoms with Gasteiger partial charge in [0.05, 0.1) is 11.3 Å². The SMILES string of the molecule is CC(=O)Oc1ccc(-c2nn(-c3ccccc3)cc2C(=O)Nc2cccc(F)c2)cc1. The van der Waals surface area contributed by atoms with Crippen LogP contribution in [0.25, 0.3) is 16.9 Å². The number of carbonyl (C=O) groups is 2. The van der Waals surface area contributed by atoms with Gasteiger partial charge >= 0.3 is 5.97 Å². The van der Waals surface area contributed by atoms with Gasteiger partial charge in [-0.15, -0.1) is 0 Å². The van der Waals surface area contributed by atoms with Crippen molar-refractivity contribution < 1.29 is 18.7 Å². The first-order chi connectivity index (χ1) is 15.0. The number of aromatic nitrogens is 2. The maximum absolute atomic E-state index is 13.5. The first-order valence-electron chi connectivity index (χ1n) is 9.50. The number of rotatable bonds is 5. The molecule has 0 saturated carbocycles. The van der Waals surface area contributed by atoms with E-state index in [1.807, 2.05) is 30.3 Å². The van der Waals surface area contributed by atoms with Gasteiger partial charge in [0.2, 0.25) is 0 Å². The first kappa shape index (κ1) is 20.0. The Morgan fingerprint density at radius 2 is 1.71 bits per heavy atom. The van der Waals surface area contributed by atoms with Crippen LogP contribution in [0.2, 0.25) is 0 Å². The highest BCUT2D eigenvalue weighted by atomic mass is 19.1. The standard InChI is InChI=1S/C24H18FN3O3/c1-16(29)31-21-12-10-17(11-13-21)23-22(15-28(27-23)20-8-3-2-4-9-20)24(30)26-19-7-5-6-18(25)14-19/h2-15H,1H3,(H,26,30). The van der Waals surface area contributed by atoms with Gasteiger partial charge in [0.1, 0.15) is 17.3 Å². The number of amides is 1. The molecule has 0 unspecified atom stereocenters. The summed E-state index contributed by atoms with van der Waals surface area (Å²) in [6.07, 6.45) is 1.62. The van der Waals surface area contributed by atoms with Gasteiger partial charge in [0.15, 0.2) is 0 Å². The molecule has 3 aromatic carbocycles. The van der Waals surface area contributed by atoms with E-state index in [1.165, 1.54) is 25.1 Å². The van der Waals surface area contributed by atoms with E-state index in [9.17, 15) is 14.0 Å². The van der Waals surface area contributed by atoms with Crippen LogP contribution >= 0.6 is 0 Å². The molecule has 4 rings (SSSR count). The molecule has 0 spiro atoms. The topological polar surface area (TPSA) is 73.2 Å². The van der Waals surface area contributed by atoms with Gasteiger partial charge in [0.25, 0.3) is 5.91 Å². The molecule has 4 aromatic rings. The minimum Gasteiger partial charge on any atom is -0.427 e. The molecule has 0 fully saturated rings. The number of halogens is 1. The van der Waals surface area contributed by atoms with E-state index in [2.05, 4.69) is 10.4 Å². The van der Waals surface area contributed by atoms with Crippen LogP contribution in [0.3, 0.4) is 0 Å². The summed E-state index contributed by atoms with van der Waals surface area (Å²) in [6, 6.07) is 21.7. The van der Waals surface area contributed by atoms with E-state index in [4.69, 9.17) is 4.74 Å². The number of hydrogen-bond donors (Lipinski definition) is 1. The second kappa shape index (κ2) is 8.62. The lowest BCUT2D eigenvalue weighted by molar-refractivity contribution is -0.131. The largest absolute Gasteiger partial charge is 0.427 e. The van der Waals surface area contributed by atoms with Crippen LogP contribution in [-0.4, -0.2) is 21.7 Å². The summed E-state index contributed by atoms with van der Waals surface area (Å²) in [7, 11) is 0. The molecule has 6 nitrogen and oxygen atoms in total. The fraction of sp³-hybridized carbons (Fsp3) is 0.0417. The number of esters is 1. The fourth-order valence-electron chi connectivity index (χ4n) is 3.08. The predicted molar refractivity (Wildman–Crippen MR) is 115 cm³/mol. The average Bonchev–Trinajstić information content (AvgIpc) is 3.20. The Morgan fingerprint density at radius 1 is 0.968 bits per heavy atom. The average molecular weight is 415 g/mol. The molecule has 0 saturated heterocycles. The van der Waals surface area contributed by atoms with Crippen LogP contribution in [0, 0.1) is 5.82 Å². The third kappa shape index (κ3) is 4.67. The lowest BCUT2D eigenvalue weighted by Gasteiger charge is -2.06. The van der Waals surface area contributed by atoms with Crippen LogP contribution in [0.1, 0.15) is 17.3 Å². The van der Waals surface area contributed by atoms with Crippen molar-refractivity contribution in [3.05, 3.63) is 96.4 Å². The first-order valence-corrected chi connectivity index (χ1v) is 9.50. The van der Waals surface area contributed by atoms with Crippen LogP contribution in [0.15, 0.2) is 85.1 Å². The summed E-state index contributed by atoms with van der Waals surface area (Å²) in [6.45, 7) is 1.32. The van der Waals surface area contributed by atoms with Crippen LogP contribution in [0.5, 0.6) is 5.75 Å². The lowest BCUT2D eigenvalue weighted by atomic mass is 10.1. The van der Waals surface area contributed by atoms with E-state index in [0.717, 1.165) is 5.69 Å². The van der Waals surface area contributed by atoms with Crippen molar-refractivity contribution in [3.8, 4) is 22.7 Å². The van der Waals surface area contributed by atoms with Crippen LogP contribution in [-0.2, 0) is 4.79 Å². The zero-order valence-corrected chi connectivity index (χ0v) is 16.6. The highest BCUT2D eigenvalue weighted by Gasteiger charge is 2.19. The maximum atomic E-state index is 13.5. The third-order valence-electron chi connectivity index (χ3n) is 4.45. The number of hydrogen-bond acceptors (Lipinski definition) is 4. The Balaban J connectivity index is 1.73. The highest BCUT2D eigenvalue weighted by molar-refractivity contribution is 6.08. The quantitative estimate of drug-likeness (QED) is 0.373. The monoisotopic (exact) mass is 415 g/mol. The summed E-state index contributed by atoms with van der Waals surface area (Å²) in [5.41, 5.74) is 2.54. The van der Waals surface area contributed by atoms with Gasteiger partial charge in [-0.25, -0.2) is 9.07 Å². The lowest BCUT2D eigenvalue weighted by Crippen LogP contribution is -2.12. The second-order valence-corrected chi connectivity index (χ2v) is 6.75. The summed E-state index contributed by atoms with van der Waals surface area (Å²) in [5.74, 6) is -0.897. The third-order valence-corrected chi connectivity index (χ3v) is 4.45. The molecule has 1 heterocycles. The fourth-order valence-corrected chi connectivity index (χ4v) is 3.08. The Bertz CT molecular complexity index is 1230. The number of para-hydroxylation sites is 1. The minimum atomic E-state index is -0.445. The second-order valence-electron chi connectivity index (χ2n) is 6.75. The Morgan fingerprint density at radius 3 is 2.39 bits per heavy atom. The molecule has 0 aliphatic carbocycles. The normalized spacial score (nSPS) is 10.5. The molecule has 1 N–H and O–H groups in total. The predicted octanol–water partition coefficient (Wildman–Crippen LogP) is 4.86. The minimum absolute atomic E-state index is 0.313. The van der Waals surface area contributed by atoms with E-state index in [0.29, 0.717) is 28.3 Å². The molecule has 1 aromatic heterocycles. The zero-order chi connectivity index (χ0) is 21.8. The number of ether oxygens (including phenoxy) is 1. The Hall–Kier alpha value is -4.26. The van der Waals surface area contributed by atoms with Gasteiger partial charge < -0.3 is 10.1 Å². The molecule has 154 valence electrons. The van der Waals surface area contributed by atoms with Crippen molar-refractivity contribution in [3.63, 3.8) is 0 Å². The smallest absolute Gasteiger partial charge is 0.308 e. The van der Waals surface area contributed by atoms with E-state index in [1.54, 1.807) is 41.2 Å².